The van der Waals surface area contributed by atoms with Gasteiger partial charge in [-0.2, -0.15) is 4.91 Å². The maximum atomic E-state index is 10.3. The van der Waals surface area contributed by atoms with E-state index in [9.17, 15) is 4.91 Å². The standard InChI is InChI=1S/C22H20N4O/c1-14-2-9-18-19-11-17(12-24-21(19)22(23)26-20(18)10-14)8-5-15-3-6-16(7-4-15)13-25-27/h2-4,6-7,9-12H,5,8,13H2,1H3,(H2,23,26). The number of aromatic nitrogens is 2. The first-order valence-electron chi connectivity index (χ1n) is 8.95. The third kappa shape index (κ3) is 3.49. The van der Waals surface area contributed by atoms with Crippen LogP contribution < -0.4 is 5.73 Å². The normalized spacial score (nSPS) is 11.1. The van der Waals surface area contributed by atoms with E-state index in [0.717, 1.165) is 51.3 Å². The van der Waals surface area contributed by atoms with Crippen molar-refractivity contribution < 1.29 is 0 Å². The van der Waals surface area contributed by atoms with Crippen LogP contribution in [-0.2, 0) is 19.4 Å². The van der Waals surface area contributed by atoms with Crippen LogP contribution in [0.5, 0.6) is 0 Å². The van der Waals surface area contributed by atoms with E-state index in [1.165, 1.54) is 5.56 Å². The predicted octanol–water partition coefficient (Wildman–Crippen LogP) is 4.73. The second-order valence-corrected chi connectivity index (χ2v) is 6.86. The lowest BCUT2D eigenvalue weighted by Gasteiger charge is -2.09. The average molecular weight is 356 g/mol. The van der Waals surface area contributed by atoms with Crippen molar-refractivity contribution in [3.63, 3.8) is 0 Å². The van der Waals surface area contributed by atoms with E-state index in [4.69, 9.17) is 5.73 Å². The molecule has 2 heterocycles. The summed E-state index contributed by atoms with van der Waals surface area (Å²) >= 11 is 0. The van der Waals surface area contributed by atoms with Crippen molar-refractivity contribution in [3.05, 3.63) is 81.9 Å². The summed E-state index contributed by atoms with van der Waals surface area (Å²) in [4.78, 5) is 19.4. The second kappa shape index (κ2) is 7.11. The molecule has 0 atom stereocenters. The molecule has 2 aromatic carbocycles. The van der Waals surface area contributed by atoms with Crippen LogP contribution in [-0.4, -0.2) is 9.97 Å². The molecule has 0 spiro atoms. The van der Waals surface area contributed by atoms with Gasteiger partial charge in [0.25, 0.3) is 0 Å². The van der Waals surface area contributed by atoms with Crippen LogP contribution in [0.2, 0.25) is 0 Å². The average Bonchev–Trinajstić information content (AvgIpc) is 2.67. The van der Waals surface area contributed by atoms with Crippen molar-refractivity contribution in [2.24, 2.45) is 5.18 Å². The molecule has 0 saturated carbocycles. The Labute approximate surface area is 157 Å². The summed E-state index contributed by atoms with van der Waals surface area (Å²) in [6.45, 7) is 2.27. The summed E-state index contributed by atoms with van der Waals surface area (Å²) < 4.78 is 0. The van der Waals surface area contributed by atoms with E-state index in [1.807, 2.05) is 31.3 Å². The number of nitrogens with two attached hydrogens (primary N) is 1. The summed E-state index contributed by atoms with van der Waals surface area (Å²) in [6, 6.07) is 16.4. The number of nitrogen functional groups attached to an aromatic ring is 1. The SMILES string of the molecule is Cc1ccc2c(c1)nc(N)c1ncc(CCc3ccc(CN=O)cc3)cc12. The molecule has 4 rings (SSSR count). The van der Waals surface area contributed by atoms with Crippen LogP contribution >= 0.6 is 0 Å². The van der Waals surface area contributed by atoms with Crippen molar-refractivity contribution in [1.82, 2.24) is 9.97 Å². The number of rotatable bonds is 5. The first kappa shape index (κ1) is 17.1. The zero-order valence-electron chi connectivity index (χ0n) is 15.1. The third-order valence-electron chi connectivity index (χ3n) is 4.84. The van der Waals surface area contributed by atoms with Gasteiger partial charge < -0.3 is 5.73 Å². The Morgan fingerprint density at radius 1 is 0.926 bits per heavy atom. The molecule has 2 aromatic heterocycles. The molecule has 0 fully saturated rings. The van der Waals surface area contributed by atoms with E-state index in [2.05, 4.69) is 45.5 Å². The van der Waals surface area contributed by atoms with Crippen molar-refractivity contribution >= 4 is 27.6 Å². The van der Waals surface area contributed by atoms with Crippen LogP contribution in [0.15, 0.2) is 59.9 Å². The number of fused-ring (bicyclic) bond motifs is 3. The molecule has 0 bridgehead atoms. The Kier molecular flexibility index (Phi) is 4.50. The molecule has 0 saturated heterocycles. The fourth-order valence-corrected chi connectivity index (χ4v) is 3.37. The van der Waals surface area contributed by atoms with Gasteiger partial charge in [-0.3, -0.25) is 4.98 Å². The van der Waals surface area contributed by atoms with E-state index in [0.29, 0.717) is 5.82 Å². The first-order valence-corrected chi connectivity index (χ1v) is 8.95. The summed E-state index contributed by atoms with van der Waals surface area (Å²) in [6.07, 6.45) is 3.66. The van der Waals surface area contributed by atoms with Crippen LogP contribution in [0.1, 0.15) is 22.3 Å². The van der Waals surface area contributed by atoms with Gasteiger partial charge in [0.1, 0.15) is 12.1 Å². The maximum Gasteiger partial charge on any atom is 0.150 e. The fourth-order valence-electron chi connectivity index (χ4n) is 3.37. The number of hydrogen-bond acceptors (Lipinski definition) is 5. The molecule has 134 valence electrons. The van der Waals surface area contributed by atoms with Gasteiger partial charge in [0.05, 0.1) is 5.52 Å². The Balaban J connectivity index is 1.64. The number of anilines is 1. The molecule has 27 heavy (non-hydrogen) atoms. The highest BCUT2D eigenvalue weighted by Crippen LogP contribution is 2.28. The van der Waals surface area contributed by atoms with E-state index in [-0.39, 0.29) is 6.54 Å². The van der Waals surface area contributed by atoms with Crippen molar-refractivity contribution in [2.75, 3.05) is 5.73 Å². The number of benzene rings is 2. The quantitative estimate of drug-likeness (QED) is 0.414. The summed E-state index contributed by atoms with van der Waals surface area (Å²) in [7, 11) is 0. The zero-order chi connectivity index (χ0) is 18.8. The molecular weight excluding hydrogens is 336 g/mol. The lowest BCUT2D eigenvalue weighted by molar-refractivity contribution is 0.950. The number of nitrogens with zero attached hydrogens (tertiary/aromatic N) is 3. The van der Waals surface area contributed by atoms with Crippen LogP contribution in [0.4, 0.5) is 5.82 Å². The van der Waals surface area contributed by atoms with Gasteiger partial charge in [0.2, 0.25) is 0 Å². The molecule has 0 radical (unpaired) electrons. The van der Waals surface area contributed by atoms with Gasteiger partial charge in [-0.25, -0.2) is 4.98 Å². The Bertz CT molecular complexity index is 1140. The van der Waals surface area contributed by atoms with E-state index >= 15 is 0 Å². The molecule has 0 aliphatic carbocycles. The van der Waals surface area contributed by atoms with E-state index < -0.39 is 0 Å². The van der Waals surface area contributed by atoms with Crippen molar-refractivity contribution in [1.29, 1.82) is 0 Å². The third-order valence-corrected chi connectivity index (χ3v) is 4.84. The number of pyridine rings is 2. The Morgan fingerprint density at radius 2 is 1.67 bits per heavy atom. The minimum absolute atomic E-state index is 0.219. The lowest BCUT2D eigenvalue weighted by Crippen LogP contribution is -1.98. The van der Waals surface area contributed by atoms with Crippen LogP contribution in [0.3, 0.4) is 0 Å². The monoisotopic (exact) mass is 356 g/mol. The predicted molar refractivity (Wildman–Crippen MR) is 110 cm³/mol. The van der Waals surface area contributed by atoms with Gasteiger partial charge in [0.15, 0.2) is 5.82 Å². The van der Waals surface area contributed by atoms with Crippen LogP contribution in [0, 0.1) is 11.8 Å². The van der Waals surface area contributed by atoms with Gasteiger partial charge >= 0.3 is 0 Å². The molecule has 5 heteroatoms. The van der Waals surface area contributed by atoms with Crippen molar-refractivity contribution in [2.45, 2.75) is 26.3 Å². The molecule has 0 aliphatic heterocycles. The molecular formula is C22H20N4O. The molecule has 0 unspecified atom stereocenters. The minimum atomic E-state index is 0.219. The van der Waals surface area contributed by atoms with Gasteiger partial charge in [-0.05, 0) is 54.2 Å². The minimum Gasteiger partial charge on any atom is -0.382 e. The number of hydrogen-bond donors (Lipinski definition) is 1. The first-order chi connectivity index (χ1) is 13.1. The lowest BCUT2D eigenvalue weighted by atomic mass is 10.0. The summed E-state index contributed by atoms with van der Waals surface area (Å²) in [5.74, 6) is 0.467. The van der Waals surface area contributed by atoms with Gasteiger partial charge in [-0.1, -0.05) is 41.6 Å². The highest BCUT2D eigenvalue weighted by molar-refractivity contribution is 6.08. The summed E-state index contributed by atoms with van der Waals surface area (Å²) in [5.41, 5.74) is 12.3. The van der Waals surface area contributed by atoms with Gasteiger partial charge in [0, 0.05) is 17.0 Å². The smallest absolute Gasteiger partial charge is 0.150 e. The van der Waals surface area contributed by atoms with Crippen LogP contribution in [0.25, 0.3) is 21.8 Å². The number of aryl methyl sites for hydroxylation is 3. The molecule has 4 aromatic rings. The zero-order valence-corrected chi connectivity index (χ0v) is 15.1. The number of nitroso groups, excluding NO2 is 1. The highest BCUT2D eigenvalue weighted by atomic mass is 16.3. The molecule has 5 nitrogen and oxygen atoms in total. The van der Waals surface area contributed by atoms with Crippen molar-refractivity contribution in [3.8, 4) is 0 Å². The summed E-state index contributed by atoms with van der Waals surface area (Å²) in [5, 5.41) is 5.04. The van der Waals surface area contributed by atoms with Gasteiger partial charge in [-0.15, -0.1) is 0 Å². The Morgan fingerprint density at radius 3 is 2.44 bits per heavy atom. The topological polar surface area (TPSA) is 81.2 Å². The maximum absolute atomic E-state index is 10.3. The fraction of sp³-hybridized carbons (Fsp3) is 0.182. The Hall–Kier alpha value is -3.34. The second-order valence-electron chi connectivity index (χ2n) is 6.86. The van der Waals surface area contributed by atoms with E-state index in [1.54, 1.807) is 0 Å². The highest BCUT2D eigenvalue weighted by Gasteiger charge is 2.09. The molecule has 0 amide bonds. The molecule has 2 N–H and O–H groups in total. The largest absolute Gasteiger partial charge is 0.382 e. The molecule has 0 aliphatic rings.